The van der Waals surface area contributed by atoms with E-state index in [9.17, 15) is 15.0 Å². The van der Waals surface area contributed by atoms with Crippen molar-refractivity contribution in [1.29, 1.82) is 0 Å². The number of rotatable bonds is 6. The van der Waals surface area contributed by atoms with Crippen LogP contribution in [0, 0.1) is 6.92 Å². The molecule has 2 aromatic heterocycles. The maximum absolute atomic E-state index is 12.8. The van der Waals surface area contributed by atoms with Crippen molar-refractivity contribution in [2.24, 2.45) is 0 Å². The van der Waals surface area contributed by atoms with Crippen molar-refractivity contribution in [2.75, 3.05) is 0 Å². The summed E-state index contributed by atoms with van der Waals surface area (Å²) in [4.78, 5) is 18.3. The minimum absolute atomic E-state index is 0.111. The van der Waals surface area contributed by atoms with Crippen LogP contribution in [-0.4, -0.2) is 25.9 Å². The molecule has 0 aliphatic rings. The van der Waals surface area contributed by atoms with Gasteiger partial charge in [0.05, 0.1) is 17.3 Å². The van der Waals surface area contributed by atoms with Gasteiger partial charge in [-0.25, -0.2) is 4.98 Å². The number of phenolic OH excluding ortho intramolecular Hbond substituents is 1. The SMILES string of the molecule is CCCC(O)CCc1cc2ncn(-c3ccc(O)c(C)c3)c(=O)c2s1. The lowest BCUT2D eigenvalue weighted by molar-refractivity contribution is 0.154. The van der Waals surface area contributed by atoms with E-state index in [-0.39, 0.29) is 17.4 Å². The molecule has 3 aromatic rings. The Bertz CT molecular complexity index is 945. The lowest BCUT2D eigenvalue weighted by Gasteiger charge is -2.07. The van der Waals surface area contributed by atoms with Crippen LogP contribution in [0.2, 0.25) is 0 Å². The van der Waals surface area contributed by atoms with E-state index < -0.39 is 0 Å². The highest BCUT2D eigenvalue weighted by Crippen LogP contribution is 2.24. The molecule has 1 unspecified atom stereocenters. The van der Waals surface area contributed by atoms with Crippen LogP contribution < -0.4 is 5.56 Å². The molecule has 2 heterocycles. The first-order valence-corrected chi connectivity index (χ1v) is 9.29. The normalized spacial score (nSPS) is 12.6. The number of phenols is 1. The summed E-state index contributed by atoms with van der Waals surface area (Å²) in [7, 11) is 0. The average Bonchev–Trinajstić information content (AvgIpc) is 3.00. The smallest absolute Gasteiger partial charge is 0.275 e. The maximum Gasteiger partial charge on any atom is 0.275 e. The Morgan fingerprint density at radius 1 is 1.28 bits per heavy atom. The van der Waals surface area contributed by atoms with Crippen LogP contribution in [0.1, 0.15) is 36.6 Å². The van der Waals surface area contributed by atoms with Crippen molar-refractivity contribution in [3.05, 3.63) is 51.4 Å². The molecule has 0 amide bonds. The largest absolute Gasteiger partial charge is 0.508 e. The lowest BCUT2D eigenvalue weighted by atomic mass is 10.1. The van der Waals surface area contributed by atoms with E-state index >= 15 is 0 Å². The van der Waals surface area contributed by atoms with Gasteiger partial charge in [-0.3, -0.25) is 9.36 Å². The maximum atomic E-state index is 12.8. The summed E-state index contributed by atoms with van der Waals surface area (Å²) < 4.78 is 2.12. The lowest BCUT2D eigenvalue weighted by Crippen LogP contribution is -2.17. The van der Waals surface area contributed by atoms with Crippen molar-refractivity contribution >= 4 is 21.6 Å². The Morgan fingerprint density at radius 3 is 2.80 bits per heavy atom. The van der Waals surface area contributed by atoms with E-state index in [1.54, 1.807) is 25.1 Å². The molecule has 0 saturated carbocycles. The summed E-state index contributed by atoms with van der Waals surface area (Å²) in [6, 6.07) is 6.98. The van der Waals surface area contributed by atoms with Crippen molar-refractivity contribution in [3.63, 3.8) is 0 Å². The molecular weight excluding hydrogens is 336 g/mol. The number of fused-ring (bicyclic) bond motifs is 1. The summed E-state index contributed by atoms with van der Waals surface area (Å²) in [5.41, 5.74) is 1.98. The molecule has 132 valence electrons. The quantitative estimate of drug-likeness (QED) is 0.706. The van der Waals surface area contributed by atoms with Gasteiger partial charge in [-0.2, -0.15) is 0 Å². The van der Waals surface area contributed by atoms with E-state index in [1.165, 1.54) is 22.2 Å². The molecule has 0 fully saturated rings. The van der Waals surface area contributed by atoms with Gasteiger partial charge in [-0.15, -0.1) is 11.3 Å². The minimum atomic E-state index is -0.292. The van der Waals surface area contributed by atoms with Crippen LogP contribution >= 0.6 is 11.3 Å². The molecule has 0 saturated heterocycles. The number of aromatic hydroxyl groups is 1. The van der Waals surface area contributed by atoms with Crippen molar-refractivity contribution in [3.8, 4) is 11.4 Å². The number of thiophene rings is 1. The zero-order valence-electron chi connectivity index (χ0n) is 14.4. The third kappa shape index (κ3) is 3.75. The summed E-state index contributed by atoms with van der Waals surface area (Å²) in [6.07, 6.45) is 4.45. The average molecular weight is 358 g/mol. The number of aryl methyl sites for hydroxylation is 2. The number of aliphatic hydroxyl groups is 1. The fourth-order valence-electron chi connectivity index (χ4n) is 2.84. The molecule has 5 nitrogen and oxygen atoms in total. The number of aromatic nitrogens is 2. The molecule has 6 heteroatoms. The fourth-order valence-corrected chi connectivity index (χ4v) is 3.90. The molecular formula is C19H22N2O3S. The van der Waals surface area contributed by atoms with E-state index in [2.05, 4.69) is 11.9 Å². The standard InChI is InChI=1S/C19H22N2O3S/c1-3-4-14(22)6-7-15-10-16-18(25-15)19(24)21(11-20-16)13-5-8-17(23)12(2)9-13/h5,8-11,14,22-23H,3-4,6-7H2,1-2H3. The van der Waals surface area contributed by atoms with Gasteiger partial charge in [-0.1, -0.05) is 13.3 Å². The molecule has 0 radical (unpaired) electrons. The Hall–Kier alpha value is -2.18. The van der Waals surface area contributed by atoms with Crippen LogP contribution in [0.5, 0.6) is 5.75 Å². The Morgan fingerprint density at radius 2 is 2.08 bits per heavy atom. The van der Waals surface area contributed by atoms with Crippen LogP contribution in [0.15, 0.2) is 35.4 Å². The first-order valence-electron chi connectivity index (χ1n) is 8.47. The highest BCUT2D eigenvalue weighted by molar-refractivity contribution is 7.18. The molecule has 3 rings (SSSR count). The predicted molar refractivity (Wildman–Crippen MR) is 101 cm³/mol. The molecule has 0 spiro atoms. The minimum Gasteiger partial charge on any atom is -0.508 e. The number of hydrogen-bond donors (Lipinski definition) is 2. The topological polar surface area (TPSA) is 75.3 Å². The zero-order valence-corrected chi connectivity index (χ0v) is 15.2. The number of hydrogen-bond acceptors (Lipinski definition) is 5. The van der Waals surface area contributed by atoms with Gasteiger partial charge in [-0.05, 0) is 56.0 Å². The third-order valence-corrected chi connectivity index (χ3v) is 5.47. The molecule has 0 bridgehead atoms. The molecule has 25 heavy (non-hydrogen) atoms. The second kappa shape index (κ2) is 7.37. The van der Waals surface area contributed by atoms with E-state index in [0.717, 1.165) is 24.1 Å². The van der Waals surface area contributed by atoms with Crippen molar-refractivity contribution in [1.82, 2.24) is 9.55 Å². The number of benzene rings is 1. The second-order valence-electron chi connectivity index (χ2n) is 6.30. The molecule has 2 N–H and O–H groups in total. The Balaban J connectivity index is 1.92. The molecule has 0 aliphatic carbocycles. The Kier molecular flexibility index (Phi) is 5.20. The van der Waals surface area contributed by atoms with Gasteiger partial charge >= 0.3 is 0 Å². The van der Waals surface area contributed by atoms with Gasteiger partial charge in [0.15, 0.2) is 0 Å². The third-order valence-electron chi connectivity index (χ3n) is 4.29. The van der Waals surface area contributed by atoms with Crippen LogP contribution in [0.25, 0.3) is 15.9 Å². The predicted octanol–water partition coefficient (Wildman–Crippen LogP) is 3.55. The van der Waals surface area contributed by atoms with Crippen LogP contribution in [0.4, 0.5) is 0 Å². The summed E-state index contributed by atoms with van der Waals surface area (Å²) in [5.74, 6) is 0.204. The highest BCUT2D eigenvalue weighted by atomic mass is 32.1. The van der Waals surface area contributed by atoms with Crippen LogP contribution in [0.3, 0.4) is 0 Å². The first kappa shape index (κ1) is 17.6. The van der Waals surface area contributed by atoms with E-state index in [0.29, 0.717) is 27.9 Å². The Labute approximate surface area is 150 Å². The van der Waals surface area contributed by atoms with E-state index in [4.69, 9.17) is 0 Å². The van der Waals surface area contributed by atoms with Gasteiger partial charge in [0.25, 0.3) is 5.56 Å². The van der Waals surface area contributed by atoms with Gasteiger partial charge in [0, 0.05) is 4.88 Å². The van der Waals surface area contributed by atoms with Crippen LogP contribution in [-0.2, 0) is 6.42 Å². The van der Waals surface area contributed by atoms with Gasteiger partial charge in [0.1, 0.15) is 16.8 Å². The second-order valence-corrected chi connectivity index (χ2v) is 7.44. The van der Waals surface area contributed by atoms with Crippen molar-refractivity contribution < 1.29 is 10.2 Å². The number of nitrogens with zero attached hydrogens (tertiary/aromatic N) is 2. The van der Waals surface area contributed by atoms with Crippen molar-refractivity contribution in [2.45, 2.75) is 45.6 Å². The zero-order chi connectivity index (χ0) is 18.0. The molecule has 1 aromatic carbocycles. The first-order chi connectivity index (χ1) is 12.0. The van der Waals surface area contributed by atoms with Gasteiger partial charge in [0.2, 0.25) is 0 Å². The monoisotopic (exact) mass is 358 g/mol. The summed E-state index contributed by atoms with van der Waals surface area (Å²) in [6.45, 7) is 3.85. The molecule has 0 aliphatic heterocycles. The molecule has 1 atom stereocenters. The summed E-state index contributed by atoms with van der Waals surface area (Å²) in [5, 5.41) is 19.5. The number of aliphatic hydroxyl groups excluding tert-OH is 1. The fraction of sp³-hybridized carbons (Fsp3) is 0.368. The highest BCUT2D eigenvalue weighted by Gasteiger charge is 2.12. The van der Waals surface area contributed by atoms with Gasteiger partial charge < -0.3 is 10.2 Å². The summed E-state index contributed by atoms with van der Waals surface area (Å²) >= 11 is 1.44. The van der Waals surface area contributed by atoms with E-state index in [1.807, 2.05) is 6.07 Å².